The summed E-state index contributed by atoms with van der Waals surface area (Å²) >= 11 is 11.5. The number of alkyl halides is 2. The van der Waals surface area contributed by atoms with Crippen LogP contribution in [-0.2, 0) is 13.1 Å². The van der Waals surface area contributed by atoms with Crippen molar-refractivity contribution >= 4 is 23.2 Å². The maximum Gasteiger partial charge on any atom is 0.243 e. The Morgan fingerprint density at radius 1 is 1.32 bits per heavy atom. The summed E-state index contributed by atoms with van der Waals surface area (Å²) < 4.78 is 3.91. The number of halogens is 2. The Kier molecular flexibility index (Phi) is 8.41. The van der Waals surface area contributed by atoms with Crippen LogP contribution in [0.15, 0.2) is 18.7 Å². The third kappa shape index (κ3) is 6.58. The van der Waals surface area contributed by atoms with E-state index in [9.17, 15) is 5.11 Å². The van der Waals surface area contributed by atoms with E-state index in [2.05, 4.69) is 5.32 Å². The number of aromatic nitrogens is 2. The summed E-state index contributed by atoms with van der Waals surface area (Å²) in [5.41, 5.74) is 0. The van der Waals surface area contributed by atoms with Gasteiger partial charge in [0.05, 0.1) is 11.9 Å². The number of nitrogens with one attached hydrogen (secondary N) is 1. The third-order valence-corrected chi connectivity index (χ3v) is 3.46. The van der Waals surface area contributed by atoms with Gasteiger partial charge < -0.3 is 15.5 Å². The van der Waals surface area contributed by atoms with Gasteiger partial charge in [0.1, 0.15) is 31.6 Å². The van der Waals surface area contributed by atoms with Gasteiger partial charge in [0.2, 0.25) is 6.33 Å². The first-order valence-electron chi connectivity index (χ1n) is 6.38. The normalized spacial score (nSPS) is 14.5. The summed E-state index contributed by atoms with van der Waals surface area (Å²) in [6, 6.07) is 0.159. The van der Waals surface area contributed by atoms with Crippen molar-refractivity contribution in [3.8, 4) is 0 Å². The van der Waals surface area contributed by atoms with Gasteiger partial charge in [-0.2, -0.15) is 0 Å². The van der Waals surface area contributed by atoms with Crippen LogP contribution in [-0.4, -0.2) is 51.8 Å². The van der Waals surface area contributed by atoms with Crippen molar-refractivity contribution in [1.29, 1.82) is 0 Å². The van der Waals surface area contributed by atoms with Gasteiger partial charge in [0.25, 0.3) is 0 Å². The predicted octanol–water partition coefficient (Wildman–Crippen LogP) is -0.0453. The lowest BCUT2D eigenvalue weighted by atomic mass is 10.3. The van der Waals surface area contributed by atoms with Crippen LogP contribution in [0.4, 0.5) is 0 Å². The summed E-state index contributed by atoms with van der Waals surface area (Å²) in [5, 5.41) is 21.5. The summed E-state index contributed by atoms with van der Waals surface area (Å²) in [4.78, 5) is 0. The third-order valence-electron chi connectivity index (χ3n) is 2.73. The van der Waals surface area contributed by atoms with E-state index in [1.54, 1.807) is 0 Å². The molecule has 7 heteroatoms. The maximum atomic E-state index is 9.47. The Bertz CT molecular complexity index is 349. The minimum Gasteiger partial charge on any atom is -0.396 e. The molecule has 1 rings (SSSR count). The fourth-order valence-corrected chi connectivity index (χ4v) is 2.06. The number of hydrogen-bond acceptors (Lipinski definition) is 3. The highest BCUT2D eigenvalue weighted by molar-refractivity contribution is 6.18. The first kappa shape index (κ1) is 16.7. The molecule has 0 radical (unpaired) electrons. The second-order valence-corrected chi connectivity index (χ2v) is 5.12. The van der Waals surface area contributed by atoms with Crippen molar-refractivity contribution in [1.82, 2.24) is 9.88 Å². The van der Waals surface area contributed by atoms with Crippen molar-refractivity contribution in [2.24, 2.45) is 0 Å². The van der Waals surface area contributed by atoms with Gasteiger partial charge >= 0.3 is 0 Å². The van der Waals surface area contributed by atoms with Crippen LogP contribution in [0.5, 0.6) is 0 Å². The van der Waals surface area contributed by atoms with Crippen LogP contribution in [0, 0.1) is 0 Å². The van der Waals surface area contributed by atoms with E-state index in [1.165, 1.54) is 0 Å². The van der Waals surface area contributed by atoms with Crippen molar-refractivity contribution in [3.63, 3.8) is 0 Å². The molecule has 0 aliphatic carbocycles. The van der Waals surface area contributed by atoms with E-state index in [-0.39, 0.29) is 18.5 Å². The fraction of sp³-hybridized carbons (Fsp3) is 0.750. The Morgan fingerprint density at radius 2 is 2.11 bits per heavy atom. The lowest BCUT2D eigenvalue weighted by molar-refractivity contribution is -0.698. The second kappa shape index (κ2) is 9.55. The van der Waals surface area contributed by atoms with Gasteiger partial charge in [-0.3, -0.25) is 0 Å². The van der Waals surface area contributed by atoms with E-state index < -0.39 is 6.10 Å². The van der Waals surface area contributed by atoms with Crippen LogP contribution in [0.2, 0.25) is 0 Å². The molecule has 0 aliphatic rings. The first-order valence-corrected chi connectivity index (χ1v) is 7.45. The van der Waals surface area contributed by atoms with Gasteiger partial charge in [-0.25, -0.2) is 9.13 Å². The lowest BCUT2D eigenvalue weighted by Crippen LogP contribution is -2.46. The highest BCUT2D eigenvalue weighted by Crippen LogP contribution is 1.95. The SMILES string of the molecule is OCCCNC(CCl)C[n+]1ccn(CC(O)CCl)c1. The number of hydrogen-bond donors (Lipinski definition) is 3. The molecule has 0 spiro atoms. The zero-order valence-electron chi connectivity index (χ0n) is 10.9. The molecular weight excluding hydrogens is 289 g/mol. The Balaban J connectivity index is 2.42. The van der Waals surface area contributed by atoms with Crippen molar-refractivity contribution in [3.05, 3.63) is 18.7 Å². The molecule has 3 N–H and O–H groups in total. The smallest absolute Gasteiger partial charge is 0.243 e. The minimum absolute atomic E-state index is 0.159. The maximum absolute atomic E-state index is 9.47. The van der Waals surface area contributed by atoms with Crippen LogP contribution >= 0.6 is 23.2 Å². The fourth-order valence-electron chi connectivity index (χ4n) is 1.75. The first-order chi connectivity index (χ1) is 9.19. The molecule has 1 heterocycles. The van der Waals surface area contributed by atoms with Crippen LogP contribution < -0.4 is 9.88 Å². The van der Waals surface area contributed by atoms with E-state index in [0.29, 0.717) is 12.4 Å². The average molecular weight is 311 g/mol. The number of aliphatic hydroxyl groups is 2. The number of imidazole rings is 1. The van der Waals surface area contributed by atoms with E-state index >= 15 is 0 Å². The van der Waals surface area contributed by atoms with E-state index in [0.717, 1.165) is 19.5 Å². The van der Waals surface area contributed by atoms with Gasteiger partial charge in [-0.1, -0.05) is 0 Å². The summed E-state index contributed by atoms with van der Waals surface area (Å²) in [6.07, 6.45) is 5.95. The van der Waals surface area contributed by atoms with Crippen LogP contribution in [0.1, 0.15) is 6.42 Å². The van der Waals surface area contributed by atoms with E-state index in [1.807, 2.05) is 27.9 Å². The van der Waals surface area contributed by atoms with Gasteiger partial charge in [0, 0.05) is 12.5 Å². The lowest BCUT2D eigenvalue weighted by Gasteiger charge is -2.13. The van der Waals surface area contributed by atoms with Crippen molar-refractivity contribution in [2.45, 2.75) is 31.7 Å². The number of aliphatic hydroxyl groups excluding tert-OH is 2. The van der Waals surface area contributed by atoms with Gasteiger partial charge in [-0.15, -0.1) is 23.2 Å². The Hall–Kier alpha value is -0.330. The molecule has 0 aromatic carbocycles. The minimum atomic E-state index is -0.533. The molecule has 0 saturated carbocycles. The predicted molar refractivity (Wildman–Crippen MR) is 75.6 cm³/mol. The van der Waals surface area contributed by atoms with Crippen molar-refractivity contribution in [2.75, 3.05) is 24.9 Å². The molecule has 1 aromatic rings. The summed E-state index contributed by atoms with van der Waals surface area (Å²) in [5.74, 6) is 0.735. The van der Waals surface area contributed by atoms with Gasteiger partial charge in [0.15, 0.2) is 0 Å². The molecule has 19 heavy (non-hydrogen) atoms. The Morgan fingerprint density at radius 3 is 2.74 bits per heavy atom. The highest BCUT2D eigenvalue weighted by atomic mass is 35.5. The van der Waals surface area contributed by atoms with Crippen LogP contribution in [0.25, 0.3) is 0 Å². The van der Waals surface area contributed by atoms with Crippen molar-refractivity contribution < 1.29 is 14.8 Å². The molecular formula is C12H22Cl2N3O2+. The molecule has 2 atom stereocenters. The highest BCUT2D eigenvalue weighted by Gasteiger charge is 2.13. The van der Waals surface area contributed by atoms with E-state index in [4.69, 9.17) is 28.3 Å². The zero-order chi connectivity index (χ0) is 14.1. The molecule has 0 bridgehead atoms. The molecule has 1 aromatic heterocycles. The quantitative estimate of drug-likeness (QED) is 0.323. The molecule has 0 fully saturated rings. The number of nitrogens with zero attached hydrogens (tertiary/aromatic N) is 2. The molecule has 110 valence electrons. The number of rotatable bonds is 10. The molecule has 0 aliphatic heterocycles. The topological polar surface area (TPSA) is 61.3 Å². The summed E-state index contributed by atoms with van der Waals surface area (Å²) in [6.45, 7) is 2.17. The molecule has 2 unspecified atom stereocenters. The standard InChI is InChI=1S/C12H22Cl2N3O2/c13-6-11(15-2-1-5-18)8-16-3-4-17(10-16)9-12(19)7-14/h3-4,10-12,15,18-19H,1-2,5-9H2/q+1. The zero-order valence-corrected chi connectivity index (χ0v) is 12.4. The second-order valence-electron chi connectivity index (χ2n) is 4.50. The largest absolute Gasteiger partial charge is 0.396 e. The molecule has 0 saturated heterocycles. The molecule has 5 nitrogen and oxygen atoms in total. The van der Waals surface area contributed by atoms with Crippen LogP contribution in [0.3, 0.4) is 0 Å². The monoisotopic (exact) mass is 310 g/mol. The Labute approximate surface area is 123 Å². The molecule has 0 amide bonds. The average Bonchev–Trinajstić information content (AvgIpc) is 2.84. The van der Waals surface area contributed by atoms with Gasteiger partial charge in [-0.05, 0) is 13.0 Å². The summed E-state index contributed by atoms with van der Waals surface area (Å²) in [7, 11) is 0.